The molecule has 1 aromatic heterocycles. The van der Waals surface area contributed by atoms with Gasteiger partial charge in [-0.2, -0.15) is 0 Å². The highest BCUT2D eigenvalue weighted by Crippen LogP contribution is 2.29. The maximum Gasteiger partial charge on any atom is 0.233 e. The Morgan fingerprint density at radius 1 is 1.21 bits per heavy atom. The van der Waals surface area contributed by atoms with Gasteiger partial charge in [-0.1, -0.05) is 6.92 Å². The fraction of sp³-hybridized carbons (Fsp3) is 0.824. The van der Waals surface area contributed by atoms with Gasteiger partial charge in [0.15, 0.2) is 0 Å². The molecule has 3 atom stereocenters. The third-order valence-corrected chi connectivity index (χ3v) is 5.49. The Kier molecular flexibility index (Phi) is 5.20. The monoisotopic (exact) mass is 335 g/mol. The molecule has 0 saturated carbocycles. The van der Waals surface area contributed by atoms with E-state index < -0.39 is 0 Å². The van der Waals surface area contributed by atoms with E-state index in [-0.39, 0.29) is 11.9 Å². The van der Waals surface area contributed by atoms with Gasteiger partial charge in [-0.3, -0.25) is 14.6 Å². The predicted octanol–water partition coefficient (Wildman–Crippen LogP) is 1.31. The highest BCUT2D eigenvalue weighted by Gasteiger charge is 2.37. The van der Waals surface area contributed by atoms with Crippen molar-refractivity contribution >= 4 is 5.91 Å². The van der Waals surface area contributed by atoms with E-state index in [0.29, 0.717) is 23.7 Å². The Labute approximate surface area is 144 Å². The highest BCUT2D eigenvalue weighted by atomic mass is 16.4. The fourth-order valence-electron chi connectivity index (χ4n) is 4.00. The van der Waals surface area contributed by atoms with Crippen molar-refractivity contribution in [2.75, 3.05) is 39.3 Å². The molecule has 0 N–H and O–H groups in total. The number of likely N-dealkylation sites (tertiary alicyclic amines) is 1. The maximum atomic E-state index is 11.6. The number of hydrogen-bond acceptors (Lipinski definition) is 6. The van der Waals surface area contributed by atoms with Crippen molar-refractivity contribution in [3.05, 3.63) is 11.8 Å². The first-order valence-electron chi connectivity index (χ1n) is 8.99. The number of aromatic nitrogens is 2. The smallest absolute Gasteiger partial charge is 0.233 e. The first-order chi connectivity index (χ1) is 11.5. The first-order valence-corrected chi connectivity index (χ1v) is 8.99. The van der Waals surface area contributed by atoms with Gasteiger partial charge < -0.3 is 9.32 Å². The molecule has 0 unspecified atom stereocenters. The lowest BCUT2D eigenvalue weighted by Gasteiger charge is -2.30. The molecule has 0 bridgehead atoms. The standard InChI is InChI=1S/C17H29N5O2/c1-12-10-22(13(2)17-19-18-14(3)24-17)11-16(12)21-7-5-6-20(8-9-21)15(4)23/h12-13,16H,5-11H2,1-4H3/t12-,13-,16-/m1/s1. The minimum absolute atomic E-state index is 0.152. The second-order valence-corrected chi connectivity index (χ2v) is 7.23. The largest absolute Gasteiger partial charge is 0.424 e. The van der Waals surface area contributed by atoms with Gasteiger partial charge in [0, 0.05) is 59.2 Å². The summed E-state index contributed by atoms with van der Waals surface area (Å²) in [6.45, 7) is 13.8. The van der Waals surface area contributed by atoms with E-state index in [0.717, 1.165) is 45.7 Å². The van der Waals surface area contributed by atoms with E-state index in [1.807, 2.05) is 11.8 Å². The van der Waals surface area contributed by atoms with Crippen molar-refractivity contribution in [1.29, 1.82) is 0 Å². The molecule has 134 valence electrons. The van der Waals surface area contributed by atoms with Gasteiger partial charge in [-0.15, -0.1) is 10.2 Å². The van der Waals surface area contributed by atoms with Crippen molar-refractivity contribution in [2.45, 2.75) is 46.2 Å². The van der Waals surface area contributed by atoms with Gasteiger partial charge in [0.2, 0.25) is 17.7 Å². The molecule has 1 amide bonds. The normalized spacial score (nSPS) is 28.1. The van der Waals surface area contributed by atoms with Gasteiger partial charge >= 0.3 is 0 Å². The highest BCUT2D eigenvalue weighted by molar-refractivity contribution is 5.73. The van der Waals surface area contributed by atoms with E-state index in [9.17, 15) is 4.79 Å². The molecule has 0 spiro atoms. The van der Waals surface area contributed by atoms with Crippen LogP contribution in [0.1, 0.15) is 45.0 Å². The SMILES string of the molecule is CC(=O)N1CCCN([C@@H]2CN([C@H](C)c3nnc(C)o3)C[C@H]2C)CC1. The van der Waals surface area contributed by atoms with Crippen molar-refractivity contribution in [1.82, 2.24) is 24.9 Å². The molecule has 7 heteroatoms. The van der Waals surface area contributed by atoms with E-state index in [4.69, 9.17) is 4.42 Å². The van der Waals surface area contributed by atoms with Crippen molar-refractivity contribution in [3.8, 4) is 0 Å². The maximum absolute atomic E-state index is 11.6. The van der Waals surface area contributed by atoms with E-state index in [1.165, 1.54) is 0 Å². The van der Waals surface area contributed by atoms with E-state index >= 15 is 0 Å². The molecular weight excluding hydrogens is 306 g/mol. The van der Waals surface area contributed by atoms with Crippen LogP contribution in [0.3, 0.4) is 0 Å². The lowest BCUT2D eigenvalue weighted by atomic mass is 10.0. The average molecular weight is 335 g/mol. The summed E-state index contributed by atoms with van der Waals surface area (Å²) < 4.78 is 5.61. The molecule has 2 aliphatic rings. The zero-order chi connectivity index (χ0) is 17.3. The number of hydrogen-bond donors (Lipinski definition) is 0. The van der Waals surface area contributed by atoms with Crippen LogP contribution in [0.4, 0.5) is 0 Å². The van der Waals surface area contributed by atoms with E-state index in [1.54, 1.807) is 6.92 Å². The van der Waals surface area contributed by atoms with Crippen molar-refractivity contribution in [2.24, 2.45) is 5.92 Å². The lowest BCUT2D eigenvalue weighted by Crippen LogP contribution is -2.43. The molecule has 24 heavy (non-hydrogen) atoms. The lowest BCUT2D eigenvalue weighted by molar-refractivity contribution is -0.128. The molecule has 2 saturated heterocycles. The minimum atomic E-state index is 0.152. The van der Waals surface area contributed by atoms with Crippen LogP contribution in [-0.2, 0) is 4.79 Å². The van der Waals surface area contributed by atoms with Crippen LogP contribution in [-0.4, -0.2) is 76.1 Å². The number of nitrogens with zero attached hydrogens (tertiary/aromatic N) is 5. The summed E-state index contributed by atoms with van der Waals surface area (Å²) in [6.07, 6.45) is 1.06. The third kappa shape index (κ3) is 3.62. The minimum Gasteiger partial charge on any atom is -0.424 e. The molecule has 0 radical (unpaired) electrons. The van der Waals surface area contributed by atoms with Crippen molar-refractivity contribution in [3.63, 3.8) is 0 Å². The van der Waals surface area contributed by atoms with Crippen LogP contribution in [0.5, 0.6) is 0 Å². The Balaban J connectivity index is 1.62. The van der Waals surface area contributed by atoms with Gasteiger partial charge in [0.25, 0.3) is 0 Å². The molecule has 3 rings (SSSR count). The molecule has 0 aromatic carbocycles. The Hall–Kier alpha value is -1.47. The zero-order valence-corrected chi connectivity index (χ0v) is 15.2. The van der Waals surface area contributed by atoms with Gasteiger partial charge in [0.1, 0.15) is 0 Å². The first kappa shape index (κ1) is 17.4. The summed E-state index contributed by atoms with van der Waals surface area (Å²) >= 11 is 0. The number of rotatable bonds is 3. The summed E-state index contributed by atoms with van der Waals surface area (Å²) in [5, 5.41) is 8.13. The molecule has 3 heterocycles. The Bertz CT molecular complexity index is 575. The van der Waals surface area contributed by atoms with Crippen LogP contribution in [0.2, 0.25) is 0 Å². The number of carbonyl (C=O) groups is 1. The third-order valence-electron chi connectivity index (χ3n) is 5.49. The van der Waals surface area contributed by atoms with Gasteiger partial charge in [0.05, 0.1) is 6.04 Å². The topological polar surface area (TPSA) is 65.7 Å². The van der Waals surface area contributed by atoms with Crippen LogP contribution >= 0.6 is 0 Å². The molecule has 2 aliphatic heterocycles. The zero-order valence-electron chi connectivity index (χ0n) is 15.2. The van der Waals surface area contributed by atoms with Crippen LogP contribution < -0.4 is 0 Å². The second-order valence-electron chi connectivity index (χ2n) is 7.23. The molecule has 7 nitrogen and oxygen atoms in total. The Morgan fingerprint density at radius 2 is 2.00 bits per heavy atom. The number of amides is 1. The summed E-state index contributed by atoms with van der Waals surface area (Å²) in [5.41, 5.74) is 0. The second kappa shape index (κ2) is 7.19. The number of aryl methyl sites for hydroxylation is 1. The van der Waals surface area contributed by atoms with Crippen molar-refractivity contribution < 1.29 is 9.21 Å². The molecule has 0 aliphatic carbocycles. The van der Waals surface area contributed by atoms with E-state index in [2.05, 4.69) is 33.8 Å². The fourth-order valence-corrected chi connectivity index (χ4v) is 4.00. The van der Waals surface area contributed by atoms with Gasteiger partial charge in [-0.05, 0) is 19.3 Å². The summed E-state index contributed by atoms with van der Waals surface area (Å²) in [5.74, 6) is 2.12. The van der Waals surface area contributed by atoms with Crippen LogP contribution in [0.25, 0.3) is 0 Å². The summed E-state index contributed by atoms with van der Waals surface area (Å²) in [6, 6.07) is 0.683. The van der Waals surface area contributed by atoms with Crippen LogP contribution in [0.15, 0.2) is 4.42 Å². The quantitative estimate of drug-likeness (QED) is 0.830. The summed E-state index contributed by atoms with van der Waals surface area (Å²) in [4.78, 5) is 18.6. The molecular formula is C17H29N5O2. The number of carbonyl (C=O) groups excluding carboxylic acids is 1. The Morgan fingerprint density at radius 3 is 2.67 bits per heavy atom. The average Bonchev–Trinajstić information content (AvgIpc) is 3.04. The molecule has 1 aromatic rings. The predicted molar refractivity (Wildman–Crippen MR) is 90.4 cm³/mol. The van der Waals surface area contributed by atoms with Gasteiger partial charge in [-0.25, -0.2) is 0 Å². The van der Waals surface area contributed by atoms with Crippen LogP contribution in [0, 0.1) is 12.8 Å². The molecule has 2 fully saturated rings. The summed E-state index contributed by atoms with van der Waals surface area (Å²) in [7, 11) is 0.